The summed E-state index contributed by atoms with van der Waals surface area (Å²) in [7, 11) is 1.24. The van der Waals surface area contributed by atoms with E-state index in [4.69, 9.17) is 8.83 Å². The van der Waals surface area contributed by atoms with Gasteiger partial charge in [0.05, 0.1) is 50.5 Å². The van der Waals surface area contributed by atoms with Gasteiger partial charge in [-0.1, -0.05) is 26.0 Å². The van der Waals surface area contributed by atoms with Crippen LogP contribution in [0.5, 0.6) is 0 Å². The smallest absolute Gasteiger partial charge is 0.407 e. The Kier molecular flexibility index (Phi) is 10.9. The number of hydrogen-bond donors (Lipinski definition) is 4. The number of alkyl carbamates (subject to hydrolysis) is 1. The Morgan fingerprint density at radius 3 is 1.69 bits per heavy atom. The molecule has 270 valence electrons. The third kappa shape index (κ3) is 7.47. The number of carbonyl (C=O) groups excluding carboxylic acids is 4. The second-order valence-electron chi connectivity index (χ2n) is 11.8. The molecule has 6 rings (SSSR count). The maximum Gasteiger partial charge on any atom is 0.407 e. The van der Waals surface area contributed by atoms with Crippen molar-refractivity contribution in [3.05, 3.63) is 61.1 Å². The Balaban J connectivity index is 1.24. The second-order valence-corrected chi connectivity index (χ2v) is 11.8. The van der Waals surface area contributed by atoms with Gasteiger partial charge in [-0.15, -0.1) is 0 Å². The summed E-state index contributed by atoms with van der Waals surface area (Å²) in [4.78, 5) is 75.5. The third-order valence-corrected chi connectivity index (χ3v) is 8.37. The van der Waals surface area contributed by atoms with Gasteiger partial charge >= 0.3 is 6.09 Å². The molecule has 52 heavy (non-hydrogen) atoms. The maximum atomic E-state index is 12.8. The number of nitrogens with one attached hydrogen (secondary N) is 4. The van der Waals surface area contributed by atoms with Crippen LogP contribution in [0.15, 0.2) is 58.3 Å². The molecule has 0 saturated carbocycles. The summed E-state index contributed by atoms with van der Waals surface area (Å²) in [6, 6.07) is 7.69. The Labute approximate surface area is 297 Å². The van der Waals surface area contributed by atoms with Crippen LogP contribution in [-0.4, -0.2) is 97.3 Å². The number of benzene rings is 2. The third-order valence-electron chi connectivity index (χ3n) is 8.37. The summed E-state index contributed by atoms with van der Waals surface area (Å²) >= 11 is 0. The molecule has 0 spiro atoms. The fraction of sp³-hybridized carbons (Fsp3) is 0.314. The first kappa shape index (κ1) is 35.3. The molecule has 0 atom stereocenters. The summed E-state index contributed by atoms with van der Waals surface area (Å²) in [6.07, 6.45) is 7.43. The zero-order valence-electron chi connectivity index (χ0n) is 28.9. The van der Waals surface area contributed by atoms with E-state index in [1.165, 1.54) is 19.9 Å². The van der Waals surface area contributed by atoms with Crippen LogP contribution in [-0.2, 0) is 32.2 Å². The number of amides is 4. The van der Waals surface area contributed by atoms with Crippen molar-refractivity contribution in [1.29, 1.82) is 0 Å². The molecule has 0 aliphatic heterocycles. The van der Waals surface area contributed by atoms with Crippen LogP contribution in [0.25, 0.3) is 55.8 Å². The molecule has 4 amide bonds. The van der Waals surface area contributed by atoms with E-state index in [1.54, 1.807) is 22.2 Å². The largest absolute Gasteiger partial charge is 0.453 e. The number of rotatable bonds is 16. The summed E-state index contributed by atoms with van der Waals surface area (Å²) in [6.45, 7) is 5.13. The first-order valence-corrected chi connectivity index (χ1v) is 16.7. The van der Waals surface area contributed by atoms with E-state index in [2.05, 4.69) is 45.3 Å². The van der Waals surface area contributed by atoms with E-state index in [1.807, 2.05) is 38.1 Å². The molecular formula is C35H38N10O7. The van der Waals surface area contributed by atoms with Gasteiger partial charge in [-0.25, -0.2) is 24.7 Å². The van der Waals surface area contributed by atoms with Crippen LogP contribution in [0, 0.1) is 0 Å². The number of hydrogen-bond acceptors (Lipinski definition) is 11. The average Bonchev–Trinajstić information content (AvgIpc) is 3.99. The molecule has 2 aromatic carbocycles. The van der Waals surface area contributed by atoms with Crippen LogP contribution >= 0.6 is 0 Å². The van der Waals surface area contributed by atoms with Crippen LogP contribution in [0.4, 0.5) is 4.79 Å². The lowest BCUT2D eigenvalue weighted by Gasteiger charge is -2.21. The highest BCUT2D eigenvalue weighted by molar-refractivity contribution is 6.06. The van der Waals surface area contributed by atoms with Gasteiger partial charge in [0, 0.05) is 35.3 Å². The number of methoxy groups -OCH3 is 1. The fourth-order valence-corrected chi connectivity index (χ4v) is 5.98. The molecule has 0 aliphatic rings. The van der Waals surface area contributed by atoms with Crippen LogP contribution in [0.1, 0.15) is 38.3 Å². The summed E-state index contributed by atoms with van der Waals surface area (Å²) < 4.78 is 16.3. The molecule has 17 nitrogen and oxygen atoms in total. The number of aromatic amines is 2. The standard InChI is InChI=1S/C35H38N10O7/c1-4-10-44(29(47)14-36-18-46)16-27-37-12-25(42-27)23-8-6-21(31-33(23)51-19-40-31)22-7-9-24(34-32(22)41-20-52-34)26-13-38-28(43-26)17-45(11-5-2)30(48)15-39-35(49)50-3/h6-9,12-13,18-20H,4-5,10-11,14-17H2,1-3H3,(H,36,46)(H,37,42)(H,38,43)(H,39,49). The van der Waals surface area contributed by atoms with Gasteiger partial charge in [-0.3, -0.25) is 14.4 Å². The predicted molar refractivity (Wildman–Crippen MR) is 188 cm³/mol. The highest BCUT2D eigenvalue weighted by Gasteiger charge is 2.22. The molecule has 4 N–H and O–H groups in total. The molecule has 4 heterocycles. The molecule has 0 fully saturated rings. The van der Waals surface area contributed by atoms with Crippen molar-refractivity contribution in [2.45, 2.75) is 39.8 Å². The van der Waals surface area contributed by atoms with Gasteiger partial charge in [0.2, 0.25) is 18.2 Å². The SMILES string of the molecule is CCCN(Cc1ncc(-c2ccc(-c3ccc(-c4cnc(CN(CCC)C(=O)CNC(=O)OC)[nH]4)c4ocnc34)c3ncoc23)[nH]1)C(=O)CNC=O. The molecule has 0 aliphatic carbocycles. The van der Waals surface area contributed by atoms with E-state index in [0.717, 1.165) is 35.1 Å². The van der Waals surface area contributed by atoms with E-state index < -0.39 is 6.09 Å². The Bertz CT molecular complexity index is 2200. The summed E-state index contributed by atoms with van der Waals surface area (Å²) in [5.74, 6) is 0.680. The number of aromatic nitrogens is 6. The minimum atomic E-state index is -0.677. The Hall–Kier alpha value is -6.52. The minimum Gasteiger partial charge on any atom is -0.453 e. The minimum absolute atomic E-state index is 0.0845. The van der Waals surface area contributed by atoms with Gasteiger partial charge in [-0.2, -0.15) is 0 Å². The highest BCUT2D eigenvalue weighted by Crippen LogP contribution is 2.39. The van der Waals surface area contributed by atoms with Crippen LogP contribution < -0.4 is 10.6 Å². The molecule has 0 radical (unpaired) electrons. The molecule has 6 aromatic rings. The molecule has 0 unspecified atom stereocenters. The number of H-pyrrole nitrogens is 2. The van der Waals surface area contributed by atoms with Crippen molar-refractivity contribution in [3.63, 3.8) is 0 Å². The monoisotopic (exact) mass is 710 g/mol. The van der Waals surface area contributed by atoms with Crippen molar-refractivity contribution in [2.75, 3.05) is 33.3 Å². The first-order chi connectivity index (χ1) is 25.3. The van der Waals surface area contributed by atoms with Crippen molar-refractivity contribution in [2.24, 2.45) is 0 Å². The number of fused-ring (bicyclic) bond motifs is 2. The number of imidazole rings is 2. The quantitative estimate of drug-likeness (QED) is 0.105. The van der Waals surface area contributed by atoms with Gasteiger partial charge in [-0.05, 0) is 25.0 Å². The zero-order valence-corrected chi connectivity index (χ0v) is 28.9. The second kappa shape index (κ2) is 16.0. The predicted octanol–water partition coefficient (Wildman–Crippen LogP) is 4.00. The van der Waals surface area contributed by atoms with Crippen molar-refractivity contribution < 1.29 is 32.7 Å². The fourth-order valence-electron chi connectivity index (χ4n) is 5.98. The van der Waals surface area contributed by atoms with Crippen molar-refractivity contribution in [1.82, 2.24) is 50.3 Å². The van der Waals surface area contributed by atoms with E-state index >= 15 is 0 Å². The van der Waals surface area contributed by atoms with Gasteiger partial charge in [0.1, 0.15) is 29.2 Å². The van der Waals surface area contributed by atoms with E-state index in [-0.39, 0.29) is 38.0 Å². The average molecular weight is 711 g/mol. The normalized spacial score (nSPS) is 11.1. The van der Waals surface area contributed by atoms with E-state index in [0.29, 0.717) is 64.7 Å². The molecule has 4 aromatic heterocycles. The Morgan fingerprint density at radius 2 is 1.23 bits per heavy atom. The van der Waals surface area contributed by atoms with Gasteiger partial charge in [0.25, 0.3) is 0 Å². The van der Waals surface area contributed by atoms with Crippen molar-refractivity contribution >= 4 is 46.5 Å². The van der Waals surface area contributed by atoms with E-state index in [9.17, 15) is 19.2 Å². The van der Waals surface area contributed by atoms with Crippen LogP contribution in [0.2, 0.25) is 0 Å². The lowest BCUT2D eigenvalue weighted by Crippen LogP contribution is -2.40. The van der Waals surface area contributed by atoms with Crippen molar-refractivity contribution in [3.8, 4) is 33.6 Å². The topological polar surface area (TPSA) is 217 Å². The number of ether oxygens (including phenoxy) is 1. The molecule has 0 saturated heterocycles. The lowest BCUT2D eigenvalue weighted by molar-refractivity contribution is -0.132. The summed E-state index contributed by atoms with van der Waals surface area (Å²) in [5.41, 5.74) is 6.67. The lowest BCUT2D eigenvalue weighted by atomic mass is 9.98. The molecular weight excluding hydrogens is 672 g/mol. The number of oxazole rings is 2. The molecule has 17 heteroatoms. The number of nitrogens with zero attached hydrogens (tertiary/aromatic N) is 6. The van der Waals surface area contributed by atoms with Crippen LogP contribution in [0.3, 0.4) is 0 Å². The highest BCUT2D eigenvalue weighted by atomic mass is 16.5. The molecule has 0 bridgehead atoms. The Morgan fingerprint density at radius 1 is 0.750 bits per heavy atom. The van der Waals surface area contributed by atoms with Gasteiger partial charge < -0.3 is 44.0 Å². The maximum absolute atomic E-state index is 12.8. The number of carbonyl (C=O) groups is 4. The summed E-state index contributed by atoms with van der Waals surface area (Å²) in [5, 5.41) is 4.85. The van der Waals surface area contributed by atoms with Gasteiger partial charge in [0.15, 0.2) is 24.0 Å². The first-order valence-electron chi connectivity index (χ1n) is 16.7. The zero-order chi connectivity index (χ0) is 36.6.